The lowest BCUT2D eigenvalue weighted by molar-refractivity contribution is 0.157. The summed E-state index contributed by atoms with van der Waals surface area (Å²) in [5.41, 5.74) is 2.78. The van der Waals surface area contributed by atoms with Crippen LogP contribution in [-0.4, -0.2) is 22.4 Å². The summed E-state index contributed by atoms with van der Waals surface area (Å²) in [5, 5.41) is 21.8. The fourth-order valence-corrected chi connectivity index (χ4v) is 4.04. The van der Waals surface area contributed by atoms with Crippen molar-refractivity contribution in [2.24, 2.45) is 0 Å². The molecule has 0 fully saturated rings. The minimum absolute atomic E-state index is 0.198. The summed E-state index contributed by atoms with van der Waals surface area (Å²) in [6.07, 6.45) is 4.00. The summed E-state index contributed by atoms with van der Waals surface area (Å²) >= 11 is 0. The molecule has 0 spiro atoms. The van der Waals surface area contributed by atoms with Crippen LogP contribution in [0.3, 0.4) is 0 Å². The molecule has 3 aromatic carbocycles. The minimum atomic E-state index is -0.761. The van der Waals surface area contributed by atoms with E-state index in [1.807, 2.05) is 93.6 Å². The van der Waals surface area contributed by atoms with Crippen LogP contribution >= 0.6 is 0 Å². The van der Waals surface area contributed by atoms with E-state index in [2.05, 4.69) is 0 Å². The van der Waals surface area contributed by atoms with Gasteiger partial charge in [0.1, 0.15) is 35.2 Å². The smallest absolute Gasteiger partial charge is 0.131 e. The minimum Gasteiger partial charge on any atom is -0.507 e. The highest BCUT2D eigenvalue weighted by molar-refractivity contribution is 5.68. The van der Waals surface area contributed by atoms with Gasteiger partial charge in [-0.25, -0.2) is 0 Å². The number of aryl methyl sites for hydroxylation is 1. The van der Waals surface area contributed by atoms with Crippen molar-refractivity contribution < 1.29 is 24.4 Å². The summed E-state index contributed by atoms with van der Waals surface area (Å²) in [6, 6.07) is 19.2. The lowest BCUT2D eigenvalue weighted by Gasteiger charge is -2.28. The van der Waals surface area contributed by atoms with Crippen molar-refractivity contribution in [2.75, 3.05) is 6.61 Å². The second kappa shape index (κ2) is 10.2. The van der Waals surface area contributed by atoms with E-state index in [0.717, 1.165) is 11.1 Å². The van der Waals surface area contributed by atoms with Crippen molar-refractivity contribution in [3.8, 4) is 23.0 Å². The van der Waals surface area contributed by atoms with Crippen molar-refractivity contribution in [3.05, 3.63) is 89.0 Å². The largest absolute Gasteiger partial charge is 0.507 e. The number of aromatic hydroxyl groups is 1. The van der Waals surface area contributed by atoms with Crippen LogP contribution in [0.2, 0.25) is 0 Å². The number of aliphatic hydroxyl groups is 1. The Labute approximate surface area is 201 Å². The van der Waals surface area contributed by atoms with Gasteiger partial charge in [0, 0.05) is 11.6 Å². The number of phenolic OH excluding ortho intramolecular Hbond substituents is 1. The molecule has 1 heterocycles. The maximum absolute atomic E-state index is 11.0. The number of fused-ring (bicyclic) bond motifs is 1. The Morgan fingerprint density at radius 1 is 1.00 bits per heavy atom. The van der Waals surface area contributed by atoms with Crippen molar-refractivity contribution in [1.82, 2.24) is 0 Å². The molecule has 0 aliphatic carbocycles. The van der Waals surface area contributed by atoms with Gasteiger partial charge in [-0.05, 0) is 75.1 Å². The van der Waals surface area contributed by atoms with Gasteiger partial charge in [-0.15, -0.1) is 0 Å². The Balaban J connectivity index is 1.50. The van der Waals surface area contributed by atoms with E-state index in [1.54, 1.807) is 0 Å². The Morgan fingerprint density at radius 3 is 2.56 bits per heavy atom. The maximum Gasteiger partial charge on any atom is 0.131 e. The maximum atomic E-state index is 11.0. The molecule has 1 aliphatic rings. The average molecular weight is 461 g/mol. The third-order valence-electron chi connectivity index (χ3n) is 5.86. The molecule has 0 bridgehead atoms. The third-order valence-corrected chi connectivity index (χ3v) is 5.86. The normalized spacial score (nSPS) is 14.7. The summed E-state index contributed by atoms with van der Waals surface area (Å²) in [6.45, 7) is 6.82. The van der Waals surface area contributed by atoms with E-state index in [1.165, 1.54) is 0 Å². The highest BCUT2D eigenvalue weighted by Gasteiger charge is 2.24. The first kappa shape index (κ1) is 23.7. The Hall–Kier alpha value is -3.44. The number of aliphatic hydroxyl groups excluding tert-OH is 1. The lowest BCUT2D eigenvalue weighted by atomic mass is 9.96. The quantitative estimate of drug-likeness (QED) is 0.397. The monoisotopic (exact) mass is 460 g/mol. The van der Waals surface area contributed by atoms with Crippen LogP contribution in [0.25, 0.3) is 6.08 Å². The zero-order valence-electron chi connectivity index (χ0n) is 20.0. The van der Waals surface area contributed by atoms with Gasteiger partial charge in [-0.3, -0.25) is 0 Å². The molecule has 0 aromatic heterocycles. The van der Waals surface area contributed by atoms with Crippen LogP contribution in [-0.2, 0) is 13.0 Å². The first-order chi connectivity index (χ1) is 16.4. The molecule has 0 amide bonds. The van der Waals surface area contributed by atoms with Crippen LogP contribution in [0.4, 0.5) is 0 Å². The van der Waals surface area contributed by atoms with Crippen molar-refractivity contribution in [1.29, 1.82) is 0 Å². The van der Waals surface area contributed by atoms with Gasteiger partial charge in [0.05, 0.1) is 18.3 Å². The summed E-state index contributed by atoms with van der Waals surface area (Å²) in [7, 11) is 0. The predicted molar refractivity (Wildman–Crippen MR) is 134 cm³/mol. The number of hydrogen-bond donors (Lipinski definition) is 2. The second-order valence-corrected chi connectivity index (χ2v) is 8.99. The van der Waals surface area contributed by atoms with Crippen molar-refractivity contribution in [2.45, 2.75) is 51.9 Å². The van der Waals surface area contributed by atoms with Crippen LogP contribution in [0, 0.1) is 0 Å². The summed E-state index contributed by atoms with van der Waals surface area (Å²) < 4.78 is 17.7. The molecule has 2 N–H and O–H groups in total. The second-order valence-electron chi connectivity index (χ2n) is 8.99. The van der Waals surface area contributed by atoms with E-state index in [0.29, 0.717) is 54.4 Å². The highest BCUT2D eigenvalue weighted by Crippen LogP contribution is 2.40. The number of benzene rings is 3. The molecule has 1 atom stereocenters. The van der Waals surface area contributed by atoms with E-state index in [9.17, 15) is 10.2 Å². The molecule has 0 saturated carbocycles. The molecule has 0 radical (unpaired) electrons. The van der Waals surface area contributed by atoms with Gasteiger partial charge in [0.25, 0.3) is 0 Å². The van der Waals surface area contributed by atoms with Gasteiger partial charge in [0.15, 0.2) is 0 Å². The van der Waals surface area contributed by atoms with Gasteiger partial charge in [-0.1, -0.05) is 36.4 Å². The van der Waals surface area contributed by atoms with E-state index in [4.69, 9.17) is 14.2 Å². The standard InChI is InChI=1S/C29H32O5/c1-4-32-22-12-13-23(27(18-22)33-19-20-8-6-5-7-9-20)25(30)14-10-21-11-15-26-24(28(21)31)16-17-29(2,3)34-26/h5-9,11-13,15-18,25,30-31H,4,10,14,19H2,1-3H3. The number of phenols is 1. The molecular weight excluding hydrogens is 428 g/mol. The van der Waals surface area contributed by atoms with Gasteiger partial charge in [-0.2, -0.15) is 0 Å². The van der Waals surface area contributed by atoms with Gasteiger partial charge in [0.2, 0.25) is 0 Å². The molecule has 34 heavy (non-hydrogen) atoms. The van der Waals surface area contributed by atoms with Crippen LogP contribution in [0.15, 0.2) is 66.7 Å². The molecule has 1 unspecified atom stereocenters. The molecule has 1 aliphatic heterocycles. The number of rotatable bonds is 9. The van der Waals surface area contributed by atoms with E-state index < -0.39 is 11.7 Å². The fraction of sp³-hybridized carbons (Fsp3) is 0.310. The molecule has 3 aromatic rings. The van der Waals surface area contributed by atoms with Crippen LogP contribution < -0.4 is 14.2 Å². The highest BCUT2D eigenvalue weighted by atomic mass is 16.5. The zero-order chi connectivity index (χ0) is 24.1. The van der Waals surface area contributed by atoms with Gasteiger partial charge < -0.3 is 24.4 Å². The topological polar surface area (TPSA) is 68.2 Å². The molecule has 178 valence electrons. The first-order valence-electron chi connectivity index (χ1n) is 11.7. The van der Waals surface area contributed by atoms with E-state index >= 15 is 0 Å². The Kier molecular flexibility index (Phi) is 7.13. The van der Waals surface area contributed by atoms with Crippen molar-refractivity contribution >= 4 is 6.08 Å². The molecule has 0 saturated heterocycles. The lowest BCUT2D eigenvalue weighted by Crippen LogP contribution is -2.27. The number of hydrogen-bond acceptors (Lipinski definition) is 5. The van der Waals surface area contributed by atoms with Crippen LogP contribution in [0.1, 0.15) is 55.5 Å². The predicted octanol–water partition coefficient (Wildman–Crippen LogP) is 6.22. The first-order valence-corrected chi connectivity index (χ1v) is 11.7. The fourth-order valence-electron chi connectivity index (χ4n) is 4.04. The van der Waals surface area contributed by atoms with Gasteiger partial charge >= 0.3 is 0 Å². The Morgan fingerprint density at radius 2 is 1.79 bits per heavy atom. The zero-order valence-corrected chi connectivity index (χ0v) is 20.0. The third kappa shape index (κ3) is 5.54. The average Bonchev–Trinajstić information content (AvgIpc) is 2.82. The van der Waals surface area contributed by atoms with Crippen LogP contribution in [0.5, 0.6) is 23.0 Å². The molecule has 4 rings (SSSR count). The molecule has 5 heteroatoms. The Bertz CT molecular complexity index is 1150. The number of ether oxygens (including phenoxy) is 3. The molecular formula is C29H32O5. The SMILES string of the molecule is CCOc1ccc(C(O)CCc2ccc3c(c2O)C=CC(C)(C)O3)c(OCc2ccccc2)c1. The summed E-state index contributed by atoms with van der Waals surface area (Å²) in [5.74, 6) is 2.15. The summed E-state index contributed by atoms with van der Waals surface area (Å²) in [4.78, 5) is 0. The van der Waals surface area contributed by atoms with E-state index in [-0.39, 0.29) is 5.75 Å². The molecule has 5 nitrogen and oxygen atoms in total. The van der Waals surface area contributed by atoms with Crippen molar-refractivity contribution in [3.63, 3.8) is 0 Å².